The van der Waals surface area contributed by atoms with Gasteiger partial charge in [-0.05, 0) is 36.8 Å². The Bertz CT molecular complexity index is 1010. The zero-order chi connectivity index (χ0) is 20.1. The third-order valence-electron chi connectivity index (χ3n) is 3.69. The van der Waals surface area contributed by atoms with Crippen LogP contribution in [-0.2, 0) is 16.0 Å². The Kier molecular flexibility index (Phi) is 5.85. The maximum atomic E-state index is 12.3. The molecule has 8 nitrogen and oxygen atoms in total. The van der Waals surface area contributed by atoms with Crippen molar-refractivity contribution in [1.29, 1.82) is 0 Å². The number of carbonyl (C=O) groups is 3. The normalized spacial score (nSPS) is 10.4. The molecule has 0 spiro atoms. The summed E-state index contributed by atoms with van der Waals surface area (Å²) in [5, 5.41) is 10.2. The van der Waals surface area contributed by atoms with Gasteiger partial charge in [0.05, 0.1) is 18.4 Å². The van der Waals surface area contributed by atoms with E-state index < -0.39 is 5.91 Å². The van der Waals surface area contributed by atoms with E-state index in [2.05, 4.69) is 20.9 Å². The van der Waals surface area contributed by atoms with Gasteiger partial charge in [-0.25, -0.2) is 4.98 Å². The number of thiazole rings is 1. The first kappa shape index (κ1) is 19.3. The fourth-order valence-electron chi connectivity index (χ4n) is 2.41. The second-order valence-corrected chi connectivity index (χ2v) is 6.87. The summed E-state index contributed by atoms with van der Waals surface area (Å²) >= 11 is 1.22. The Labute approximate surface area is 165 Å². The largest absolute Gasteiger partial charge is 0.459 e. The average molecular weight is 398 g/mol. The molecule has 1 aromatic carbocycles. The number of anilines is 3. The van der Waals surface area contributed by atoms with Gasteiger partial charge in [-0.2, -0.15) is 0 Å². The van der Waals surface area contributed by atoms with E-state index in [1.165, 1.54) is 24.5 Å². The summed E-state index contributed by atoms with van der Waals surface area (Å²) in [7, 11) is 0. The van der Waals surface area contributed by atoms with Crippen LogP contribution in [0.4, 0.5) is 16.5 Å². The smallest absolute Gasteiger partial charge is 0.293 e. The molecule has 0 unspecified atom stereocenters. The van der Waals surface area contributed by atoms with E-state index in [9.17, 15) is 14.4 Å². The minimum atomic E-state index is -0.402. The quantitative estimate of drug-likeness (QED) is 0.589. The van der Waals surface area contributed by atoms with Crippen LogP contribution in [0.25, 0.3) is 0 Å². The van der Waals surface area contributed by atoms with Crippen molar-refractivity contribution < 1.29 is 18.8 Å². The number of hydrogen-bond donors (Lipinski definition) is 3. The number of nitrogens with one attached hydrogen (secondary N) is 3. The number of amides is 3. The van der Waals surface area contributed by atoms with Crippen LogP contribution in [0.15, 0.2) is 46.4 Å². The first-order chi connectivity index (χ1) is 13.4. The van der Waals surface area contributed by atoms with Gasteiger partial charge in [0.1, 0.15) is 0 Å². The molecule has 3 rings (SSSR count). The van der Waals surface area contributed by atoms with Crippen LogP contribution in [0.1, 0.15) is 28.7 Å². The highest BCUT2D eigenvalue weighted by Crippen LogP contribution is 2.21. The van der Waals surface area contributed by atoms with Crippen LogP contribution < -0.4 is 16.0 Å². The van der Waals surface area contributed by atoms with Gasteiger partial charge < -0.3 is 15.1 Å². The van der Waals surface area contributed by atoms with Gasteiger partial charge in [-0.15, -0.1) is 11.3 Å². The second-order valence-electron chi connectivity index (χ2n) is 6.01. The number of nitrogens with zero attached hydrogens (tertiary/aromatic N) is 1. The third-order valence-corrected chi connectivity index (χ3v) is 4.50. The predicted octanol–water partition coefficient (Wildman–Crippen LogP) is 3.44. The zero-order valence-electron chi connectivity index (χ0n) is 15.2. The molecule has 0 aliphatic heterocycles. The number of rotatable bonds is 6. The molecule has 0 aliphatic carbocycles. The van der Waals surface area contributed by atoms with Crippen molar-refractivity contribution >= 4 is 45.6 Å². The lowest BCUT2D eigenvalue weighted by atomic mass is 10.1. The monoisotopic (exact) mass is 398 g/mol. The van der Waals surface area contributed by atoms with Gasteiger partial charge in [0.15, 0.2) is 10.9 Å². The van der Waals surface area contributed by atoms with Gasteiger partial charge in [-0.1, -0.05) is 6.07 Å². The maximum absolute atomic E-state index is 12.3. The van der Waals surface area contributed by atoms with Gasteiger partial charge in [0, 0.05) is 23.7 Å². The zero-order valence-corrected chi connectivity index (χ0v) is 16.1. The lowest BCUT2D eigenvalue weighted by Crippen LogP contribution is -2.16. The molecular formula is C19H18N4O4S. The molecule has 3 N–H and O–H groups in total. The predicted molar refractivity (Wildman–Crippen MR) is 107 cm³/mol. The van der Waals surface area contributed by atoms with Crippen molar-refractivity contribution in [3.8, 4) is 0 Å². The van der Waals surface area contributed by atoms with Crippen molar-refractivity contribution in [3.63, 3.8) is 0 Å². The molecule has 3 aromatic rings. The molecule has 0 saturated heterocycles. The van der Waals surface area contributed by atoms with E-state index in [0.717, 1.165) is 5.56 Å². The summed E-state index contributed by atoms with van der Waals surface area (Å²) in [6.45, 7) is 3.28. The van der Waals surface area contributed by atoms with E-state index in [1.807, 2.05) is 13.0 Å². The fourth-order valence-corrected chi connectivity index (χ4v) is 3.11. The van der Waals surface area contributed by atoms with E-state index >= 15 is 0 Å². The van der Waals surface area contributed by atoms with Crippen molar-refractivity contribution in [3.05, 3.63) is 59.0 Å². The number of carbonyl (C=O) groups excluding carboxylic acids is 3. The van der Waals surface area contributed by atoms with Crippen LogP contribution >= 0.6 is 11.3 Å². The Hall–Kier alpha value is -3.46. The Morgan fingerprint density at radius 1 is 1.14 bits per heavy atom. The first-order valence-corrected chi connectivity index (χ1v) is 9.26. The van der Waals surface area contributed by atoms with Crippen molar-refractivity contribution in [2.24, 2.45) is 0 Å². The van der Waals surface area contributed by atoms with Gasteiger partial charge in [-0.3, -0.25) is 19.7 Å². The summed E-state index contributed by atoms with van der Waals surface area (Å²) < 4.78 is 5.02. The summed E-state index contributed by atoms with van der Waals surface area (Å²) in [4.78, 5) is 39.7. The van der Waals surface area contributed by atoms with Crippen LogP contribution in [0.5, 0.6) is 0 Å². The Morgan fingerprint density at radius 2 is 1.96 bits per heavy atom. The molecule has 0 radical (unpaired) electrons. The lowest BCUT2D eigenvalue weighted by molar-refractivity contribution is -0.116. The minimum Gasteiger partial charge on any atom is -0.459 e. The van der Waals surface area contributed by atoms with Crippen molar-refractivity contribution in [2.45, 2.75) is 20.3 Å². The summed E-state index contributed by atoms with van der Waals surface area (Å²) in [5.41, 5.74) is 2.61. The summed E-state index contributed by atoms with van der Waals surface area (Å²) in [6, 6.07) is 8.45. The molecule has 0 atom stereocenters. The Morgan fingerprint density at radius 3 is 2.68 bits per heavy atom. The SMILES string of the molecule is CC(=O)Nc1ccc(C)c(NC(=O)Cc2csc(NC(=O)c3ccco3)n2)c1. The maximum Gasteiger partial charge on any atom is 0.293 e. The number of aryl methyl sites for hydroxylation is 1. The van der Waals surface area contributed by atoms with Crippen LogP contribution in [0, 0.1) is 6.92 Å². The highest BCUT2D eigenvalue weighted by atomic mass is 32.1. The van der Waals surface area contributed by atoms with Crippen LogP contribution in [0.2, 0.25) is 0 Å². The molecule has 0 aliphatic rings. The number of furan rings is 1. The molecular weight excluding hydrogens is 380 g/mol. The van der Waals surface area contributed by atoms with Gasteiger partial charge in [0.25, 0.3) is 5.91 Å². The van der Waals surface area contributed by atoms with Crippen LogP contribution in [0.3, 0.4) is 0 Å². The molecule has 9 heteroatoms. The molecule has 0 fully saturated rings. The van der Waals surface area contributed by atoms with Crippen LogP contribution in [-0.4, -0.2) is 22.7 Å². The average Bonchev–Trinajstić information content (AvgIpc) is 3.29. The third kappa shape index (κ3) is 5.04. The number of hydrogen-bond acceptors (Lipinski definition) is 6. The standard InChI is InChI=1S/C19H18N4O4S/c1-11-5-6-13(20-12(2)24)8-15(11)22-17(25)9-14-10-28-19(21-14)23-18(26)16-4-3-7-27-16/h3-8,10H,9H2,1-2H3,(H,20,24)(H,22,25)(H,21,23,26). The van der Waals surface area contributed by atoms with E-state index in [-0.39, 0.29) is 24.0 Å². The van der Waals surface area contributed by atoms with E-state index in [4.69, 9.17) is 4.42 Å². The molecule has 0 saturated carbocycles. The lowest BCUT2D eigenvalue weighted by Gasteiger charge is -2.10. The summed E-state index contributed by atoms with van der Waals surface area (Å²) in [5.74, 6) is -0.658. The van der Waals surface area contributed by atoms with Gasteiger partial charge in [0.2, 0.25) is 11.8 Å². The highest BCUT2D eigenvalue weighted by Gasteiger charge is 2.13. The summed E-state index contributed by atoms with van der Waals surface area (Å²) in [6.07, 6.45) is 1.46. The fraction of sp³-hybridized carbons (Fsp3) is 0.158. The molecule has 0 bridgehead atoms. The van der Waals surface area contributed by atoms with E-state index in [1.54, 1.807) is 29.6 Å². The topological polar surface area (TPSA) is 113 Å². The van der Waals surface area contributed by atoms with E-state index in [0.29, 0.717) is 22.2 Å². The van der Waals surface area contributed by atoms with Gasteiger partial charge >= 0.3 is 0 Å². The molecule has 3 amide bonds. The van der Waals surface area contributed by atoms with Crippen molar-refractivity contribution in [2.75, 3.05) is 16.0 Å². The number of aromatic nitrogens is 1. The molecule has 2 aromatic heterocycles. The molecule has 144 valence electrons. The first-order valence-electron chi connectivity index (χ1n) is 8.38. The number of benzene rings is 1. The molecule has 2 heterocycles. The minimum absolute atomic E-state index is 0.0525. The van der Waals surface area contributed by atoms with Crippen molar-refractivity contribution in [1.82, 2.24) is 4.98 Å². The highest BCUT2D eigenvalue weighted by molar-refractivity contribution is 7.14. The molecule has 28 heavy (non-hydrogen) atoms. The second kappa shape index (κ2) is 8.49. The Balaban J connectivity index is 1.60.